The normalized spacial score (nSPS) is 25.6. The fraction of sp³-hybridized carbons (Fsp3) is 0.600. The first-order valence-corrected chi connectivity index (χ1v) is 6.58. The Morgan fingerprint density at radius 3 is 2.82 bits per heavy atom. The van der Waals surface area contributed by atoms with E-state index < -0.39 is 0 Å². The number of halogens is 1. The standard InChI is InChI=1S/C15H21FO/c1-11-8-14(16)7-6-13(11)9-12-4-2-3-5-15(17)10-12/h6-8,12,15,17H,2-5,9-10H2,1H3. The molecule has 1 aromatic carbocycles. The Bertz CT molecular complexity index is 375. The van der Waals surface area contributed by atoms with Gasteiger partial charge >= 0.3 is 0 Å². The molecule has 0 radical (unpaired) electrons. The molecule has 0 aliphatic heterocycles. The molecule has 1 fully saturated rings. The van der Waals surface area contributed by atoms with Crippen molar-refractivity contribution in [2.75, 3.05) is 0 Å². The van der Waals surface area contributed by atoms with E-state index in [0.29, 0.717) is 5.92 Å². The highest BCUT2D eigenvalue weighted by Gasteiger charge is 2.19. The van der Waals surface area contributed by atoms with E-state index in [0.717, 1.165) is 31.2 Å². The average Bonchev–Trinajstić information content (AvgIpc) is 2.47. The molecule has 17 heavy (non-hydrogen) atoms. The topological polar surface area (TPSA) is 20.2 Å². The molecule has 0 aromatic heterocycles. The molecule has 2 rings (SSSR count). The van der Waals surface area contributed by atoms with Crippen LogP contribution in [0.5, 0.6) is 0 Å². The molecule has 2 unspecified atom stereocenters. The molecule has 1 nitrogen and oxygen atoms in total. The van der Waals surface area contributed by atoms with E-state index >= 15 is 0 Å². The van der Waals surface area contributed by atoms with E-state index in [2.05, 4.69) is 0 Å². The lowest BCUT2D eigenvalue weighted by atomic mass is 9.90. The van der Waals surface area contributed by atoms with Gasteiger partial charge in [0.2, 0.25) is 0 Å². The minimum Gasteiger partial charge on any atom is -0.393 e. The zero-order valence-corrected chi connectivity index (χ0v) is 10.5. The summed E-state index contributed by atoms with van der Waals surface area (Å²) < 4.78 is 13.0. The summed E-state index contributed by atoms with van der Waals surface area (Å²) in [5.74, 6) is 0.392. The Morgan fingerprint density at radius 1 is 1.29 bits per heavy atom. The van der Waals surface area contributed by atoms with Crippen molar-refractivity contribution >= 4 is 0 Å². The van der Waals surface area contributed by atoms with Crippen molar-refractivity contribution in [2.24, 2.45) is 5.92 Å². The van der Waals surface area contributed by atoms with Gasteiger partial charge in [-0.15, -0.1) is 0 Å². The summed E-state index contributed by atoms with van der Waals surface area (Å²) >= 11 is 0. The van der Waals surface area contributed by atoms with Crippen LogP contribution < -0.4 is 0 Å². The van der Waals surface area contributed by atoms with Crippen molar-refractivity contribution < 1.29 is 9.50 Å². The van der Waals surface area contributed by atoms with Gasteiger partial charge in [-0.05, 0) is 55.4 Å². The Balaban J connectivity index is 2.03. The Kier molecular flexibility index (Phi) is 4.16. The van der Waals surface area contributed by atoms with E-state index in [1.807, 2.05) is 13.0 Å². The van der Waals surface area contributed by atoms with Crippen LogP contribution in [0.25, 0.3) is 0 Å². The molecule has 1 aromatic rings. The van der Waals surface area contributed by atoms with Gasteiger partial charge in [0.05, 0.1) is 6.10 Å². The molecule has 94 valence electrons. The zero-order valence-electron chi connectivity index (χ0n) is 10.5. The molecule has 1 aliphatic rings. The fourth-order valence-electron chi connectivity index (χ4n) is 2.82. The predicted octanol–water partition coefficient (Wildman–Crippen LogP) is 3.62. The molecule has 0 saturated heterocycles. The maximum atomic E-state index is 13.0. The number of rotatable bonds is 2. The van der Waals surface area contributed by atoms with Crippen LogP contribution in [-0.4, -0.2) is 11.2 Å². The first-order chi connectivity index (χ1) is 8.15. The van der Waals surface area contributed by atoms with Crippen molar-refractivity contribution in [2.45, 2.75) is 51.6 Å². The summed E-state index contributed by atoms with van der Waals surface area (Å²) in [7, 11) is 0. The number of hydrogen-bond donors (Lipinski definition) is 1. The van der Waals surface area contributed by atoms with Gasteiger partial charge in [-0.25, -0.2) is 4.39 Å². The highest BCUT2D eigenvalue weighted by molar-refractivity contribution is 5.27. The van der Waals surface area contributed by atoms with Gasteiger partial charge in [0.25, 0.3) is 0 Å². The lowest BCUT2D eigenvalue weighted by Gasteiger charge is -2.17. The smallest absolute Gasteiger partial charge is 0.123 e. The highest BCUT2D eigenvalue weighted by Crippen LogP contribution is 2.27. The molecule has 0 bridgehead atoms. The summed E-state index contributed by atoms with van der Waals surface area (Å²) in [4.78, 5) is 0. The second kappa shape index (κ2) is 5.63. The van der Waals surface area contributed by atoms with Crippen LogP contribution in [0.1, 0.15) is 43.2 Å². The van der Waals surface area contributed by atoms with Crippen LogP contribution in [-0.2, 0) is 6.42 Å². The second-order valence-corrected chi connectivity index (χ2v) is 5.31. The number of aliphatic hydroxyl groups is 1. The van der Waals surface area contributed by atoms with Crippen LogP contribution in [0.3, 0.4) is 0 Å². The highest BCUT2D eigenvalue weighted by atomic mass is 19.1. The van der Waals surface area contributed by atoms with Crippen molar-refractivity contribution in [1.29, 1.82) is 0 Å². The maximum absolute atomic E-state index is 13.0. The van der Waals surface area contributed by atoms with E-state index in [-0.39, 0.29) is 11.9 Å². The van der Waals surface area contributed by atoms with Gasteiger partial charge in [-0.2, -0.15) is 0 Å². The fourth-order valence-corrected chi connectivity index (χ4v) is 2.82. The Morgan fingerprint density at radius 2 is 2.06 bits per heavy atom. The zero-order chi connectivity index (χ0) is 12.3. The number of aliphatic hydroxyl groups excluding tert-OH is 1. The van der Waals surface area contributed by atoms with Crippen LogP contribution in [0.15, 0.2) is 18.2 Å². The summed E-state index contributed by atoms with van der Waals surface area (Å²) in [6.45, 7) is 1.96. The largest absolute Gasteiger partial charge is 0.393 e. The summed E-state index contributed by atoms with van der Waals surface area (Å²) in [5, 5.41) is 9.79. The maximum Gasteiger partial charge on any atom is 0.123 e. The first kappa shape index (κ1) is 12.6. The summed E-state index contributed by atoms with van der Waals surface area (Å²) in [5.41, 5.74) is 2.26. The minimum atomic E-state index is -0.160. The molecular weight excluding hydrogens is 215 g/mol. The molecule has 1 N–H and O–H groups in total. The second-order valence-electron chi connectivity index (χ2n) is 5.31. The Hall–Kier alpha value is -0.890. The molecule has 0 spiro atoms. The van der Waals surface area contributed by atoms with Gasteiger partial charge in [0.15, 0.2) is 0 Å². The van der Waals surface area contributed by atoms with Gasteiger partial charge in [-0.3, -0.25) is 0 Å². The van der Waals surface area contributed by atoms with Crippen molar-refractivity contribution in [3.63, 3.8) is 0 Å². The average molecular weight is 236 g/mol. The van der Waals surface area contributed by atoms with Crippen LogP contribution >= 0.6 is 0 Å². The van der Waals surface area contributed by atoms with E-state index in [1.54, 1.807) is 6.07 Å². The third-order valence-electron chi connectivity index (χ3n) is 3.82. The molecule has 2 atom stereocenters. The van der Waals surface area contributed by atoms with Gasteiger partial charge in [0.1, 0.15) is 5.82 Å². The van der Waals surface area contributed by atoms with Gasteiger partial charge in [0, 0.05) is 0 Å². The van der Waals surface area contributed by atoms with Crippen molar-refractivity contribution in [3.05, 3.63) is 35.1 Å². The molecule has 1 aliphatic carbocycles. The van der Waals surface area contributed by atoms with Gasteiger partial charge in [-0.1, -0.05) is 25.3 Å². The Labute approximate surface area is 103 Å². The van der Waals surface area contributed by atoms with Crippen molar-refractivity contribution in [1.82, 2.24) is 0 Å². The third kappa shape index (κ3) is 3.53. The lowest BCUT2D eigenvalue weighted by Crippen LogP contribution is -2.13. The van der Waals surface area contributed by atoms with Crippen LogP contribution in [0, 0.1) is 18.7 Å². The molecule has 1 saturated carbocycles. The lowest BCUT2D eigenvalue weighted by molar-refractivity contribution is 0.141. The quantitative estimate of drug-likeness (QED) is 0.778. The summed E-state index contributed by atoms with van der Waals surface area (Å²) in [6.07, 6.45) is 6.22. The van der Waals surface area contributed by atoms with Crippen molar-refractivity contribution in [3.8, 4) is 0 Å². The number of aryl methyl sites for hydroxylation is 1. The van der Waals surface area contributed by atoms with E-state index in [1.165, 1.54) is 24.5 Å². The SMILES string of the molecule is Cc1cc(F)ccc1CC1CCCCC(O)C1. The molecule has 0 heterocycles. The van der Waals surface area contributed by atoms with Gasteiger partial charge < -0.3 is 5.11 Å². The van der Waals surface area contributed by atoms with E-state index in [9.17, 15) is 9.50 Å². The summed E-state index contributed by atoms with van der Waals surface area (Å²) in [6, 6.07) is 5.03. The van der Waals surface area contributed by atoms with E-state index in [4.69, 9.17) is 0 Å². The van der Waals surface area contributed by atoms with Crippen LogP contribution in [0.4, 0.5) is 4.39 Å². The van der Waals surface area contributed by atoms with Crippen LogP contribution in [0.2, 0.25) is 0 Å². The predicted molar refractivity (Wildman–Crippen MR) is 67.4 cm³/mol. The number of benzene rings is 1. The molecule has 2 heteroatoms. The monoisotopic (exact) mass is 236 g/mol. The molecular formula is C15H21FO. The third-order valence-corrected chi connectivity index (χ3v) is 3.82. The number of hydrogen-bond acceptors (Lipinski definition) is 1. The minimum absolute atomic E-state index is 0.136. The molecule has 0 amide bonds. The first-order valence-electron chi connectivity index (χ1n) is 6.58.